The number of hydrogen-bond acceptors (Lipinski definition) is 6. The molecule has 0 unspecified atom stereocenters. The van der Waals surface area contributed by atoms with Crippen LogP contribution in [-0.4, -0.2) is 15.2 Å². The summed E-state index contributed by atoms with van der Waals surface area (Å²) in [5, 5.41) is 21.3. The largest absolute Gasteiger partial charge is 0.350 e. The average molecular weight is 295 g/mol. The van der Waals surface area contributed by atoms with E-state index in [0.29, 0.717) is 0 Å². The van der Waals surface area contributed by atoms with Crippen LogP contribution in [-0.2, 0) is 0 Å². The summed E-state index contributed by atoms with van der Waals surface area (Å²) in [4.78, 5) is 10.7. The first kappa shape index (κ1) is 10.2. The number of nitro benzene ring substituents is 1. The molecule has 0 radical (unpaired) electrons. The molecule has 3 aromatic rings. The Morgan fingerprint density at radius 1 is 1.40 bits per heavy atom. The molecule has 20 heavy (non-hydrogen) atoms. The quantitative estimate of drug-likeness (QED) is 0.586. The van der Waals surface area contributed by atoms with Gasteiger partial charge in [-0.25, -0.2) is 4.63 Å². The molecular weight excluding hydrogens is 284 g/mol. The first-order chi connectivity index (χ1) is 10.5. The lowest BCUT2D eigenvalue weighted by Gasteiger charge is -2.07. The van der Waals surface area contributed by atoms with Gasteiger partial charge in [0.1, 0.15) is 11.2 Å². The predicted molar refractivity (Wildman–Crippen MR) is 73.2 cm³/mol. The molecule has 3 rings (SSSR count). The van der Waals surface area contributed by atoms with E-state index in [2.05, 4.69) is 20.3 Å². The van der Waals surface area contributed by atoms with Gasteiger partial charge in [-0.2, -0.15) is 0 Å². The third kappa shape index (κ3) is 2.14. The number of hydrogen-bond donors (Lipinski definition) is 1. The van der Waals surface area contributed by atoms with E-state index in [9.17, 15) is 10.1 Å². The lowest BCUT2D eigenvalue weighted by atomic mass is 10.2. The van der Waals surface area contributed by atoms with Crippen LogP contribution in [0.3, 0.4) is 0 Å². The number of nitro groups is 1. The molecule has 0 aliphatic rings. The van der Waals surface area contributed by atoms with Crippen molar-refractivity contribution in [2.24, 2.45) is 0 Å². The van der Waals surface area contributed by atoms with Gasteiger partial charge in [0.15, 0.2) is 0 Å². The highest BCUT2D eigenvalue weighted by atomic mass is 35.5. The second-order valence-corrected chi connectivity index (χ2v) is 4.22. The molecule has 0 saturated heterocycles. The first-order valence-electron chi connectivity index (χ1n) is 6.41. The highest BCUT2D eigenvalue weighted by molar-refractivity contribution is 6.30. The van der Waals surface area contributed by atoms with E-state index in [1.807, 2.05) is 0 Å². The molecule has 0 bridgehead atoms. The topological polar surface area (TPSA) is 94.1 Å². The summed E-state index contributed by atoms with van der Waals surface area (Å²) in [5.74, 6) is 0. The summed E-state index contributed by atoms with van der Waals surface area (Å²) in [7, 11) is 0. The van der Waals surface area contributed by atoms with E-state index in [1.165, 1.54) is 24.3 Å². The molecule has 0 aliphatic carbocycles. The Hall–Kier alpha value is -2.67. The van der Waals surface area contributed by atoms with Crippen LogP contribution in [0.15, 0.2) is 41.0 Å². The molecule has 7 nitrogen and oxygen atoms in total. The van der Waals surface area contributed by atoms with Gasteiger partial charge in [-0.3, -0.25) is 10.1 Å². The van der Waals surface area contributed by atoms with E-state index < -0.39 is 4.92 Å². The minimum Gasteiger partial charge on any atom is -0.350 e. The van der Waals surface area contributed by atoms with E-state index in [4.69, 9.17) is 14.3 Å². The van der Waals surface area contributed by atoms with E-state index in [-0.39, 0.29) is 45.2 Å². The number of nitrogens with one attached hydrogen (secondary N) is 1. The number of benzene rings is 2. The summed E-state index contributed by atoms with van der Waals surface area (Å²) >= 11 is 5.85. The smallest absolute Gasteiger partial charge is 0.323 e. The highest BCUT2D eigenvalue weighted by Crippen LogP contribution is 2.33. The number of rotatable bonds is 3. The summed E-state index contributed by atoms with van der Waals surface area (Å²) in [6.45, 7) is 0. The fourth-order valence-electron chi connectivity index (χ4n) is 1.73. The third-order valence-corrected chi connectivity index (χ3v) is 2.78. The van der Waals surface area contributed by atoms with Crippen LogP contribution in [0.1, 0.15) is 2.74 Å². The molecule has 8 heteroatoms. The van der Waals surface area contributed by atoms with Crippen molar-refractivity contribution in [2.45, 2.75) is 0 Å². The molecule has 0 saturated carbocycles. The van der Waals surface area contributed by atoms with E-state index in [0.717, 1.165) is 0 Å². The van der Waals surface area contributed by atoms with Gasteiger partial charge in [-0.05, 0) is 40.6 Å². The third-order valence-electron chi connectivity index (χ3n) is 2.56. The second-order valence-electron chi connectivity index (χ2n) is 3.81. The minimum absolute atomic E-state index is 0.00266. The summed E-state index contributed by atoms with van der Waals surface area (Å²) in [6.07, 6.45) is 0. The fraction of sp³-hybridized carbons (Fsp3) is 0. The van der Waals surface area contributed by atoms with Crippen molar-refractivity contribution >= 4 is 39.7 Å². The van der Waals surface area contributed by atoms with Crippen LogP contribution < -0.4 is 5.32 Å². The minimum atomic E-state index is -0.612. The van der Waals surface area contributed by atoms with E-state index >= 15 is 0 Å². The molecule has 0 fully saturated rings. The Labute approximate surface area is 120 Å². The van der Waals surface area contributed by atoms with Crippen molar-refractivity contribution in [1.82, 2.24) is 10.3 Å². The molecule has 1 aromatic heterocycles. The zero-order chi connectivity index (χ0) is 15.9. The van der Waals surface area contributed by atoms with Gasteiger partial charge in [0.2, 0.25) is 5.52 Å². The summed E-state index contributed by atoms with van der Waals surface area (Å²) in [6, 6.07) is 5.54. The fourth-order valence-corrected chi connectivity index (χ4v) is 1.90. The zero-order valence-electron chi connectivity index (χ0n) is 11.8. The Bertz CT molecular complexity index is 899. The second kappa shape index (κ2) is 4.78. The molecule has 100 valence electrons. The normalized spacial score (nSPS) is 12.1. The van der Waals surface area contributed by atoms with Crippen molar-refractivity contribution in [3.05, 3.63) is 51.5 Å². The van der Waals surface area contributed by atoms with Crippen molar-refractivity contribution in [1.29, 1.82) is 0 Å². The average Bonchev–Trinajstić information content (AvgIpc) is 2.92. The Kier molecular flexibility index (Phi) is 2.43. The van der Waals surface area contributed by atoms with Crippen molar-refractivity contribution < 1.29 is 12.3 Å². The zero-order valence-corrected chi connectivity index (χ0v) is 10.5. The monoisotopic (exact) mass is 294 g/mol. The van der Waals surface area contributed by atoms with Crippen LogP contribution in [0.5, 0.6) is 0 Å². The Morgan fingerprint density at radius 3 is 3.05 bits per heavy atom. The first-order valence-corrected chi connectivity index (χ1v) is 5.78. The number of fused-ring (bicyclic) bond motifs is 1. The molecule has 2 aromatic carbocycles. The van der Waals surface area contributed by atoms with Gasteiger partial charge in [-0.1, -0.05) is 17.7 Å². The van der Waals surface area contributed by atoms with Crippen LogP contribution in [0, 0.1) is 10.1 Å². The van der Waals surface area contributed by atoms with Gasteiger partial charge >= 0.3 is 5.69 Å². The van der Waals surface area contributed by atoms with E-state index in [1.54, 1.807) is 0 Å². The number of anilines is 2. The number of nitrogens with zero attached hydrogens (tertiary/aromatic N) is 3. The van der Waals surface area contributed by atoms with Gasteiger partial charge in [-0.15, -0.1) is 0 Å². The molecule has 0 amide bonds. The standard InChI is InChI=1S/C12H7ClN4O3/c13-7-2-1-3-8(6-7)14-10-5-4-9-11(16-20-15-9)12(10)17(18)19/h1-6,14H/i2T,3T. The maximum Gasteiger partial charge on any atom is 0.323 e. The summed E-state index contributed by atoms with van der Waals surface area (Å²) < 4.78 is 19.8. The number of aromatic nitrogens is 2. The van der Waals surface area contributed by atoms with Crippen molar-refractivity contribution in [2.75, 3.05) is 5.32 Å². The maximum atomic E-state index is 11.3. The highest BCUT2D eigenvalue weighted by Gasteiger charge is 2.22. The number of halogens is 1. The van der Waals surface area contributed by atoms with Gasteiger partial charge < -0.3 is 5.32 Å². The molecule has 0 atom stereocenters. The Morgan fingerprint density at radius 2 is 2.25 bits per heavy atom. The SMILES string of the molecule is [3H]c1cc([3H])c(Nc2ccc3nonc3c2[N+](=O)[O-])cc1Cl. The van der Waals surface area contributed by atoms with Crippen molar-refractivity contribution in [3.8, 4) is 0 Å². The molecule has 1 heterocycles. The van der Waals surface area contributed by atoms with Crippen molar-refractivity contribution in [3.63, 3.8) is 0 Å². The van der Waals surface area contributed by atoms with Gasteiger partial charge in [0.05, 0.1) is 7.66 Å². The van der Waals surface area contributed by atoms with Crippen LogP contribution >= 0.6 is 11.6 Å². The molecular formula is C12H7ClN4O3. The van der Waals surface area contributed by atoms with Gasteiger partial charge in [0, 0.05) is 10.7 Å². The van der Waals surface area contributed by atoms with Crippen LogP contribution in [0.4, 0.5) is 17.1 Å². The van der Waals surface area contributed by atoms with Crippen LogP contribution in [0.2, 0.25) is 5.02 Å². The molecule has 0 aliphatic heterocycles. The lowest BCUT2D eigenvalue weighted by molar-refractivity contribution is -0.382. The summed E-state index contributed by atoms with van der Waals surface area (Å²) in [5.41, 5.74) is 0.298. The maximum absolute atomic E-state index is 11.3. The predicted octanol–water partition coefficient (Wildman–Crippen LogP) is 3.53. The lowest BCUT2D eigenvalue weighted by Crippen LogP contribution is -1.98. The van der Waals surface area contributed by atoms with Crippen LogP contribution in [0.25, 0.3) is 11.0 Å². The molecule has 1 N–H and O–H groups in total. The Balaban J connectivity index is 2.13. The molecule has 0 spiro atoms. The van der Waals surface area contributed by atoms with Gasteiger partial charge in [0.25, 0.3) is 0 Å².